The minimum atomic E-state index is -0.605. The first-order valence-corrected chi connectivity index (χ1v) is 9.65. The first-order valence-electron chi connectivity index (χ1n) is 9.65. The fourth-order valence-corrected chi connectivity index (χ4v) is 4.33. The molecule has 3 aromatic rings. The van der Waals surface area contributed by atoms with E-state index in [9.17, 15) is 4.79 Å². The molecule has 0 radical (unpaired) electrons. The summed E-state index contributed by atoms with van der Waals surface area (Å²) in [5.41, 5.74) is 5.01. The van der Waals surface area contributed by atoms with Gasteiger partial charge in [-0.1, -0.05) is 67.9 Å². The lowest BCUT2D eigenvalue weighted by Crippen LogP contribution is -2.44. The molecule has 0 unspecified atom stereocenters. The number of benzene rings is 2. The van der Waals surface area contributed by atoms with E-state index in [0.29, 0.717) is 6.54 Å². The zero-order valence-electron chi connectivity index (χ0n) is 15.6. The third kappa shape index (κ3) is 2.93. The molecule has 1 aliphatic carbocycles. The molecule has 1 N–H and O–H groups in total. The van der Waals surface area contributed by atoms with Crippen LogP contribution in [0, 0.1) is 0 Å². The Morgan fingerprint density at radius 2 is 1.56 bits per heavy atom. The SMILES string of the molecule is CCCC1(C(=O)NCCc2ccccn2)c2ccccc2-c2ccccc21. The number of hydrogen-bond acceptors (Lipinski definition) is 2. The number of nitrogens with one attached hydrogen (secondary N) is 1. The standard InChI is InChI=1S/C24H24N2O/c1-2-15-24(23(27)26-17-14-18-9-7-8-16-25-18)21-12-5-3-10-19(21)20-11-4-6-13-22(20)24/h3-13,16H,2,14-15,17H2,1H3,(H,26,27). The summed E-state index contributed by atoms with van der Waals surface area (Å²) in [5.74, 6) is 0.0951. The smallest absolute Gasteiger partial charge is 0.235 e. The number of rotatable bonds is 6. The number of pyridine rings is 1. The molecule has 2 aromatic carbocycles. The van der Waals surface area contributed by atoms with E-state index in [1.165, 1.54) is 11.1 Å². The number of aromatic nitrogens is 1. The van der Waals surface area contributed by atoms with Gasteiger partial charge in [-0.25, -0.2) is 0 Å². The zero-order chi connectivity index (χ0) is 18.7. The molecule has 0 saturated carbocycles. The van der Waals surface area contributed by atoms with E-state index in [1.54, 1.807) is 6.20 Å². The second kappa shape index (κ2) is 7.36. The molecule has 1 aromatic heterocycles. The van der Waals surface area contributed by atoms with Crippen LogP contribution in [0.15, 0.2) is 72.9 Å². The molecule has 4 rings (SSSR count). The molecule has 1 aliphatic rings. The van der Waals surface area contributed by atoms with E-state index in [4.69, 9.17) is 0 Å². The molecule has 0 bridgehead atoms. The van der Waals surface area contributed by atoms with Gasteiger partial charge in [0.2, 0.25) is 5.91 Å². The van der Waals surface area contributed by atoms with Gasteiger partial charge in [-0.3, -0.25) is 9.78 Å². The first kappa shape index (κ1) is 17.5. The molecule has 136 valence electrons. The van der Waals surface area contributed by atoms with Crippen molar-refractivity contribution in [3.8, 4) is 11.1 Å². The van der Waals surface area contributed by atoms with Crippen LogP contribution in [0.3, 0.4) is 0 Å². The van der Waals surface area contributed by atoms with Gasteiger partial charge in [-0.15, -0.1) is 0 Å². The van der Waals surface area contributed by atoms with Crippen molar-refractivity contribution in [3.63, 3.8) is 0 Å². The number of carbonyl (C=O) groups is 1. The summed E-state index contributed by atoms with van der Waals surface area (Å²) in [4.78, 5) is 17.9. The summed E-state index contributed by atoms with van der Waals surface area (Å²) in [7, 11) is 0. The normalized spacial score (nSPS) is 13.7. The molecule has 0 spiro atoms. The van der Waals surface area contributed by atoms with Gasteiger partial charge < -0.3 is 5.32 Å². The van der Waals surface area contributed by atoms with Gasteiger partial charge >= 0.3 is 0 Å². The Bertz CT molecular complexity index is 904. The van der Waals surface area contributed by atoms with Gasteiger partial charge in [0.15, 0.2) is 0 Å². The Hall–Kier alpha value is -2.94. The third-order valence-electron chi connectivity index (χ3n) is 5.47. The number of nitrogens with zero attached hydrogens (tertiary/aromatic N) is 1. The maximum atomic E-state index is 13.5. The molecular weight excluding hydrogens is 332 g/mol. The molecule has 1 amide bonds. The van der Waals surface area contributed by atoms with Crippen molar-refractivity contribution < 1.29 is 4.79 Å². The highest BCUT2D eigenvalue weighted by Crippen LogP contribution is 2.51. The summed E-state index contributed by atoms with van der Waals surface area (Å²) in [6, 6.07) is 22.6. The average Bonchev–Trinajstić information content (AvgIpc) is 3.01. The van der Waals surface area contributed by atoms with E-state index < -0.39 is 5.41 Å². The van der Waals surface area contributed by atoms with Crippen molar-refractivity contribution in [3.05, 3.63) is 89.7 Å². The molecule has 0 atom stereocenters. The summed E-state index contributed by atoms with van der Waals surface area (Å²) >= 11 is 0. The molecule has 3 heteroatoms. The van der Waals surface area contributed by atoms with Crippen molar-refractivity contribution in [2.75, 3.05) is 6.54 Å². The highest BCUT2D eigenvalue weighted by Gasteiger charge is 2.47. The maximum absolute atomic E-state index is 13.5. The Labute approximate surface area is 160 Å². The van der Waals surface area contributed by atoms with Crippen molar-refractivity contribution in [1.29, 1.82) is 0 Å². The van der Waals surface area contributed by atoms with Gasteiger partial charge in [0.1, 0.15) is 5.41 Å². The highest BCUT2D eigenvalue weighted by molar-refractivity contribution is 6.00. The quantitative estimate of drug-likeness (QED) is 0.706. The fraction of sp³-hybridized carbons (Fsp3) is 0.250. The summed E-state index contributed by atoms with van der Waals surface area (Å²) < 4.78 is 0. The first-order chi connectivity index (χ1) is 13.3. The molecular formula is C24H24N2O. The Kier molecular flexibility index (Phi) is 4.76. The largest absolute Gasteiger partial charge is 0.355 e. The van der Waals surface area contributed by atoms with Crippen molar-refractivity contribution in [1.82, 2.24) is 10.3 Å². The molecule has 0 saturated heterocycles. The van der Waals surface area contributed by atoms with Crippen LogP contribution in [0.1, 0.15) is 36.6 Å². The van der Waals surface area contributed by atoms with Gasteiger partial charge in [0.05, 0.1) is 0 Å². The zero-order valence-corrected chi connectivity index (χ0v) is 15.6. The fourth-order valence-electron chi connectivity index (χ4n) is 4.33. The van der Waals surface area contributed by atoms with Crippen molar-refractivity contribution in [2.24, 2.45) is 0 Å². The number of hydrogen-bond donors (Lipinski definition) is 1. The van der Waals surface area contributed by atoms with Crippen molar-refractivity contribution in [2.45, 2.75) is 31.6 Å². The Balaban J connectivity index is 1.67. The van der Waals surface area contributed by atoms with Crippen LogP contribution in [0.2, 0.25) is 0 Å². The highest BCUT2D eigenvalue weighted by atomic mass is 16.2. The monoisotopic (exact) mass is 356 g/mol. The number of carbonyl (C=O) groups excluding carboxylic acids is 1. The maximum Gasteiger partial charge on any atom is 0.235 e. The van der Waals surface area contributed by atoms with Crippen LogP contribution in [0.4, 0.5) is 0 Å². The number of amides is 1. The summed E-state index contributed by atoms with van der Waals surface area (Å²) in [6.07, 6.45) is 4.27. The van der Waals surface area contributed by atoms with Crippen LogP contribution in [0.5, 0.6) is 0 Å². The molecule has 0 fully saturated rings. The van der Waals surface area contributed by atoms with Crippen LogP contribution in [0.25, 0.3) is 11.1 Å². The number of fused-ring (bicyclic) bond motifs is 3. The van der Waals surface area contributed by atoms with Crippen LogP contribution >= 0.6 is 0 Å². The second-order valence-corrected chi connectivity index (χ2v) is 7.07. The Morgan fingerprint density at radius 3 is 2.15 bits per heavy atom. The van der Waals surface area contributed by atoms with Gasteiger partial charge in [-0.2, -0.15) is 0 Å². The molecule has 1 heterocycles. The minimum Gasteiger partial charge on any atom is -0.355 e. The lowest BCUT2D eigenvalue weighted by molar-refractivity contribution is -0.125. The van der Waals surface area contributed by atoms with Crippen molar-refractivity contribution >= 4 is 5.91 Å². The Morgan fingerprint density at radius 1 is 0.926 bits per heavy atom. The average molecular weight is 356 g/mol. The van der Waals surface area contributed by atoms with E-state index in [0.717, 1.165) is 36.1 Å². The van der Waals surface area contributed by atoms with E-state index in [2.05, 4.69) is 53.6 Å². The van der Waals surface area contributed by atoms with E-state index >= 15 is 0 Å². The summed E-state index contributed by atoms with van der Waals surface area (Å²) in [5, 5.41) is 3.20. The molecule has 27 heavy (non-hydrogen) atoms. The van der Waals surface area contributed by atoms with Crippen LogP contribution in [-0.2, 0) is 16.6 Å². The summed E-state index contributed by atoms with van der Waals surface area (Å²) in [6.45, 7) is 2.73. The van der Waals surface area contributed by atoms with Gasteiger partial charge in [-0.05, 0) is 40.8 Å². The molecule has 0 aliphatic heterocycles. The van der Waals surface area contributed by atoms with Crippen LogP contribution < -0.4 is 5.32 Å². The molecule has 3 nitrogen and oxygen atoms in total. The van der Waals surface area contributed by atoms with E-state index in [1.807, 2.05) is 30.3 Å². The lowest BCUT2D eigenvalue weighted by atomic mass is 9.74. The van der Waals surface area contributed by atoms with Gasteiger partial charge in [0, 0.05) is 24.9 Å². The lowest BCUT2D eigenvalue weighted by Gasteiger charge is -2.30. The van der Waals surface area contributed by atoms with Crippen LogP contribution in [-0.4, -0.2) is 17.4 Å². The van der Waals surface area contributed by atoms with E-state index in [-0.39, 0.29) is 5.91 Å². The topological polar surface area (TPSA) is 42.0 Å². The minimum absolute atomic E-state index is 0.0951. The predicted molar refractivity (Wildman–Crippen MR) is 109 cm³/mol. The predicted octanol–water partition coefficient (Wildman–Crippen LogP) is 4.51. The second-order valence-electron chi connectivity index (χ2n) is 7.07. The third-order valence-corrected chi connectivity index (χ3v) is 5.47. The van der Waals surface area contributed by atoms with Gasteiger partial charge in [0.25, 0.3) is 0 Å².